The minimum Gasteiger partial charge on any atom is -0.481 e. The maximum Gasteiger partial charge on any atom is 0.270 e. The van der Waals surface area contributed by atoms with Crippen molar-refractivity contribution in [3.8, 4) is 5.88 Å². The third-order valence-electron chi connectivity index (χ3n) is 3.52. The number of aliphatic hydroxyl groups is 1. The van der Waals surface area contributed by atoms with Crippen molar-refractivity contribution in [1.82, 2.24) is 10.3 Å². The van der Waals surface area contributed by atoms with Gasteiger partial charge in [-0.2, -0.15) is 11.3 Å². The molecule has 118 valence electrons. The highest BCUT2D eigenvalue weighted by molar-refractivity contribution is 7.07. The summed E-state index contributed by atoms with van der Waals surface area (Å²) in [5.41, 5.74) is 1.05. The van der Waals surface area contributed by atoms with Gasteiger partial charge in [-0.15, -0.1) is 0 Å². The van der Waals surface area contributed by atoms with E-state index in [1.54, 1.807) is 6.07 Å². The number of pyridine rings is 1. The lowest BCUT2D eigenvalue weighted by Gasteiger charge is -2.11. The van der Waals surface area contributed by atoms with Crippen LogP contribution in [0.2, 0.25) is 0 Å². The molecule has 23 heavy (non-hydrogen) atoms. The van der Waals surface area contributed by atoms with Gasteiger partial charge in [-0.1, -0.05) is 18.2 Å². The highest BCUT2D eigenvalue weighted by Gasteiger charge is 2.14. The molecule has 0 aliphatic rings. The van der Waals surface area contributed by atoms with Crippen molar-refractivity contribution in [2.75, 3.05) is 13.7 Å². The molecule has 0 aliphatic heterocycles. The lowest BCUT2D eigenvalue weighted by molar-refractivity contribution is 0.0911. The van der Waals surface area contributed by atoms with E-state index < -0.39 is 6.10 Å². The van der Waals surface area contributed by atoms with Crippen molar-refractivity contribution in [2.45, 2.75) is 6.10 Å². The molecule has 2 aromatic heterocycles. The smallest absolute Gasteiger partial charge is 0.270 e. The summed E-state index contributed by atoms with van der Waals surface area (Å²) in [6, 6.07) is 11.1. The number of carbonyl (C=O) groups is 1. The van der Waals surface area contributed by atoms with Crippen molar-refractivity contribution in [2.24, 2.45) is 0 Å². The van der Waals surface area contributed by atoms with E-state index in [-0.39, 0.29) is 18.1 Å². The summed E-state index contributed by atoms with van der Waals surface area (Å²) >= 11 is 1.50. The lowest BCUT2D eigenvalue weighted by atomic mass is 10.1. The fourth-order valence-corrected chi connectivity index (χ4v) is 3.01. The normalized spacial score (nSPS) is 12.1. The first kappa shape index (κ1) is 15.5. The highest BCUT2D eigenvalue weighted by Crippen LogP contribution is 2.24. The van der Waals surface area contributed by atoms with Crippen LogP contribution in [0.15, 0.2) is 47.2 Å². The first-order valence-corrected chi connectivity index (χ1v) is 8.05. The van der Waals surface area contributed by atoms with Crippen molar-refractivity contribution < 1.29 is 14.6 Å². The van der Waals surface area contributed by atoms with Crippen LogP contribution in [-0.2, 0) is 0 Å². The number of ether oxygens (including phenoxy) is 1. The Morgan fingerprint density at radius 2 is 2.22 bits per heavy atom. The summed E-state index contributed by atoms with van der Waals surface area (Å²) in [4.78, 5) is 16.5. The molecule has 3 aromatic rings. The van der Waals surface area contributed by atoms with Crippen molar-refractivity contribution in [3.63, 3.8) is 0 Å². The molecule has 0 spiro atoms. The largest absolute Gasteiger partial charge is 0.481 e. The van der Waals surface area contributed by atoms with Gasteiger partial charge < -0.3 is 15.2 Å². The van der Waals surface area contributed by atoms with Crippen LogP contribution in [0, 0.1) is 0 Å². The summed E-state index contributed by atoms with van der Waals surface area (Å²) in [5, 5.41) is 18.2. The number of fused-ring (bicyclic) bond motifs is 1. The quantitative estimate of drug-likeness (QED) is 0.755. The van der Waals surface area contributed by atoms with Crippen LogP contribution in [0.5, 0.6) is 5.88 Å². The van der Waals surface area contributed by atoms with Gasteiger partial charge in [0.25, 0.3) is 5.91 Å². The molecule has 2 N–H and O–H groups in total. The maximum absolute atomic E-state index is 12.3. The number of hydrogen-bond acceptors (Lipinski definition) is 5. The molecule has 0 radical (unpaired) electrons. The lowest BCUT2D eigenvalue weighted by Crippen LogP contribution is -2.29. The zero-order valence-electron chi connectivity index (χ0n) is 12.5. The minimum atomic E-state index is -0.729. The standard InChI is InChI=1S/C17H16N2O3S/c1-22-17-13-5-3-2-4-11(13)8-14(19-17)16(21)18-9-15(20)12-6-7-23-10-12/h2-8,10,15,20H,9H2,1H3,(H,18,21). The topological polar surface area (TPSA) is 71.5 Å². The van der Waals surface area contributed by atoms with Crippen LogP contribution < -0.4 is 10.1 Å². The number of thiophene rings is 1. The molecule has 5 nitrogen and oxygen atoms in total. The summed E-state index contributed by atoms with van der Waals surface area (Å²) in [7, 11) is 1.52. The van der Waals surface area contributed by atoms with Gasteiger partial charge in [0.1, 0.15) is 5.69 Å². The van der Waals surface area contributed by atoms with Gasteiger partial charge in [-0.25, -0.2) is 4.98 Å². The van der Waals surface area contributed by atoms with Crippen molar-refractivity contribution in [3.05, 3.63) is 58.4 Å². The number of methoxy groups -OCH3 is 1. The Hall–Kier alpha value is -2.44. The van der Waals surface area contributed by atoms with Crippen LogP contribution in [0.25, 0.3) is 10.8 Å². The third-order valence-corrected chi connectivity index (χ3v) is 4.22. The molecule has 1 amide bonds. The average Bonchev–Trinajstić information content (AvgIpc) is 3.13. The Labute approximate surface area is 137 Å². The fourth-order valence-electron chi connectivity index (χ4n) is 2.30. The number of amides is 1. The Bertz CT molecular complexity index is 818. The van der Waals surface area contributed by atoms with Crippen LogP contribution in [0.1, 0.15) is 22.2 Å². The molecule has 1 atom stereocenters. The molecule has 0 aliphatic carbocycles. The second kappa shape index (κ2) is 6.76. The summed E-state index contributed by atoms with van der Waals surface area (Å²) in [6.07, 6.45) is -0.729. The van der Waals surface area contributed by atoms with Gasteiger partial charge >= 0.3 is 0 Å². The first-order valence-electron chi connectivity index (χ1n) is 7.11. The number of nitrogens with zero attached hydrogens (tertiary/aromatic N) is 1. The van der Waals surface area contributed by atoms with Crippen LogP contribution in [0.4, 0.5) is 0 Å². The Morgan fingerprint density at radius 3 is 2.96 bits per heavy atom. The van der Waals surface area contributed by atoms with E-state index >= 15 is 0 Å². The van der Waals surface area contributed by atoms with Gasteiger partial charge in [0, 0.05) is 11.9 Å². The Morgan fingerprint density at radius 1 is 1.39 bits per heavy atom. The molecular formula is C17H16N2O3S. The number of rotatable bonds is 5. The highest BCUT2D eigenvalue weighted by atomic mass is 32.1. The van der Waals surface area contributed by atoms with Gasteiger partial charge in [-0.3, -0.25) is 4.79 Å². The van der Waals surface area contributed by atoms with Crippen LogP contribution in [0.3, 0.4) is 0 Å². The summed E-state index contributed by atoms with van der Waals surface area (Å²) in [6.45, 7) is 0.131. The second-order valence-corrected chi connectivity index (χ2v) is 5.80. The van der Waals surface area contributed by atoms with Crippen molar-refractivity contribution >= 4 is 28.0 Å². The van der Waals surface area contributed by atoms with Crippen molar-refractivity contribution in [1.29, 1.82) is 0 Å². The van der Waals surface area contributed by atoms with E-state index in [9.17, 15) is 9.90 Å². The number of aromatic nitrogens is 1. The number of hydrogen-bond donors (Lipinski definition) is 2. The molecule has 2 heterocycles. The van der Waals surface area contributed by atoms with E-state index in [1.165, 1.54) is 18.4 Å². The molecular weight excluding hydrogens is 312 g/mol. The van der Waals surface area contributed by atoms with Gasteiger partial charge in [0.15, 0.2) is 0 Å². The molecule has 6 heteroatoms. The monoisotopic (exact) mass is 328 g/mol. The number of carbonyl (C=O) groups excluding carboxylic acids is 1. The average molecular weight is 328 g/mol. The molecule has 3 rings (SSSR count). The van der Waals surface area contributed by atoms with Crippen LogP contribution >= 0.6 is 11.3 Å². The van der Waals surface area contributed by atoms with E-state index in [0.717, 1.165) is 16.3 Å². The summed E-state index contributed by atoms with van der Waals surface area (Å²) < 4.78 is 5.26. The third kappa shape index (κ3) is 3.33. The molecule has 0 saturated carbocycles. The molecule has 1 aromatic carbocycles. The zero-order valence-corrected chi connectivity index (χ0v) is 13.3. The second-order valence-electron chi connectivity index (χ2n) is 5.02. The molecule has 0 saturated heterocycles. The molecule has 1 unspecified atom stereocenters. The zero-order chi connectivity index (χ0) is 16.2. The molecule has 0 bridgehead atoms. The fraction of sp³-hybridized carbons (Fsp3) is 0.176. The van der Waals surface area contributed by atoms with Gasteiger partial charge in [-0.05, 0) is 39.9 Å². The first-order chi connectivity index (χ1) is 11.2. The van der Waals surface area contributed by atoms with Gasteiger partial charge in [0.2, 0.25) is 5.88 Å². The van der Waals surface area contributed by atoms with Gasteiger partial charge in [0.05, 0.1) is 13.2 Å². The predicted molar refractivity (Wildman–Crippen MR) is 89.9 cm³/mol. The Balaban J connectivity index is 1.78. The van der Waals surface area contributed by atoms with Crippen LogP contribution in [-0.4, -0.2) is 29.7 Å². The van der Waals surface area contributed by atoms with E-state index in [4.69, 9.17) is 4.74 Å². The number of benzene rings is 1. The summed E-state index contributed by atoms with van der Waals surface area (Å²) in [5.74, 6) is 0.0648. The number of aliphatic hydroxyl groups excluding tert-OH is 1. The predicted octanol–water partition coefficient (Wildman–Crippen LogP) is 2.77. The SMILES string of the molecule is COc1nc(C(=O)NCC(O)c2ccsc2)cc2ccccc12. The van der Waals surface area contributed by atoms with E-state index in [2.05, 4.69) is 10.3 Å². The molecule has 0 fully saturated rings. The van der Waals surface area contributed by atoms with E-state index in [0.29, 0.717) is 5.88 Å². The minimum absolute atomic E-state index is 0.131. The van der Waals surface area contributed by atoms with E-state index in [1.807, 2.05) is 41.1 Å². The maximum atomic E-state index is 12.3. The number of nitrogens with one attached hydrogen (secondary N) is 1. The Kier molecular flexibility index (Phi) is 4.55.